The van der Waals surface area contributed by atoms with Crippen LogP contribution in [0.1, 0.15) is 30.4 Å². The first-order valence-corrected chi connectivity index (χ1v) is 9.38. The van der Waals surface area contributed by atoms with Crippen molar-refractivity contribution in [1.29, 1.82) is 0 Å². The van der Waals surface area contributed by atoms with Gasteiger partial charge in [-0.15, -0.1) is 0 Å². The SMILES string of the molecule is Cc1cc(OCCCC(=O)NCCC(=O)NCc2ccccc2)ccc1Cl. The molecule has 0 atom stereocenters. The molecule has 2 rings (SSSR count). The number of benzene rings is 2. The standard InChI is InChI=1S/C21H25ClN2O3/c1-16-14-18(9-10-19(16)22)27-13-5-8-20(25)23-12-11-21(26)24-15-17-6-3-2-4-7-17/h2-4,6-7,9-10,14H,5,8,11-13,15H2,1H3,(H,23,25)(H,24,26). The number of hydrogen-bond acceptors (Lipinski definition) is 3. The van der Waals surface area contributed by atoms with Crippen molar-refractivity contribution in [1.82, 2.24) is 10.6 Å². The highest BCUT2D eigenvalue weighted by Crippen LogP contribution is 2.21. The molecule has 0 bridgehead atoms. The highest BCUT2D eigenvalue weighted by molar-refractivity contribution is 6.31. The lowest BCUT2D eigenvalue weighted by Gasteiger charge is -2.09. The van der Waals surface area contributed by atoms with Crippen molar-refractivity contribution >= 4 is 23.4 Å². The van der Waals surface area contributed by atoms with Crippen LogP contribution in [0.15, 0.2) is 48.5 Å². The molecule has 2 N–H and O–H groups in total. The first kappa shape index (κ1) is 20.8. The van der Waals surface area contributed by atoms with E-state index in [-0.39, 0.29) is 18.2 Å². The molecule has 0 aliphatic heterocycles. The Balaban J connectivity index is 1.52. The summed E-state index contributed by atoms with van der Waals surface area (Å²) in [4.78, 5) is 23.6. The van der Waals surface area contributed by atoms with E-state index in [1.807, 2.05) is 49.4 Å². The monoisotopic (exact) mass is 388 g/mol. The van der Waals surface area contributed by atoms with Crippen LogP contribution in [0.25, 0.3) is 0 Å². The van der Waals surface area contributed by atoms with Crippen LogP contribution in [0.4, 0.5) is 0 Å². The number of ether oxygens (including phenoxy) is 1. The van der Waals surface area contributed by atoms with Gasteiger partial charge in [-0.25, -0.2) is 0 Å². The summed E-state index contributed by atoms with van der Waals surface area (Å²) in [6.07, 6.45) is 1.23. The van der Waals surface area contributed by atoms with Gasteiger partial charge >= 0.3 is 0 Å². The Morgan fingerprint density at radius 3 is 2.48 bits per heavy atom. The fourth-order valence-corrected chi connectivity index (χ4v) is 2.54. The highest BCUT2D eigenvalue weighted by atomic mass is 35.5. The van der Waals surface area contributed by atoms with Crippen molar-refractivity contribution < 1.29 is 14.3 Å². The summed E-state index contributed by atoms with van der Waals surface area (Å²) in [5.74, 6) is 0.578. The Hall–Kier alpha value is -2.53. The Bertz CT molecular complexity index is 750. The summed E-state index contributed by atoms with van der Waals surface area (Å²) in [5.41, 5.74) is 2.00. The fraction of sp³-hybridized carbons (Fsp3) is 0.333. The van der Waals surface area contributed by atoms with E-state index in [1.165, 1.54) is 0 Å². The number of rotatable bonds is 10. The van der Waals surface area contributed by atoms with Crippen molar-refractivity contribution in [3.05, 3.63) is 64.7 Å². The van der Waals surface area contributed by atoms with E-state index in [4.69, 9.17) is 16.3 Å². The maximum atomic E-state index is 11.8. The molecule has 144 valence electrons. The van der Waals surface area contributed by atoms with Gasteiger partial charge < -0.3 is 15.4 Å². The molecule has 0 aliphatic carbocycles. The molecular weight excluding hydrogens is 364 g/mol. The number of carbonyl (C=O) groups is 2. The van der Waals surface area contributed by atoms with E-state index in [2.05, 4.69) is 10.6 Å². The van der Waals surface area contributed by atoms with Crippen molar-refractivity contribution in [3.63, 3.8) is 0 Å². The zero-order chi connectivity index (χ0) is 19.5. The van der Waals surface area contributed by atoms with Gasteiger partial charge in [0.15, 0.2) is 0 Å². The molecule has 0 heterocycles. The minimum atomic E-state index is -0.0828. The van der Waals surface area contributed by atoms with Crippen molar-refractivity contribution in [2.45, 2.75) is 32.7 Å². The van der Waals surface area contributed by atoms with Crippen LogP contribution in [0.2, 0.25) is 5.02 Å². The summed E-state index contributed by atoms with van der Waals surface area (Å²) in [6, 6.07) is 15.2. The summed E-state index contributed by atoms with van der Waals surface area (Å²) in [7, 11) is 0. The van der Waals surface area contributed by atoms with Gasteiger partial charge in [-0.05, 0) is 42.7 Å². The molecule has 27 heavy (non-hydrogen) atoms. The first-order chi connectivity index (χ1) is 13.0. The third-order valence-electron chi connectivity index (χ3n) is 3.95. The third-order valence-corrected chi connectivity index (χ3v) is 4.38. The van der Waals surface area contributed by atoms with Crippen molar-refractivity contribution in [2.75, 3.05) is 13.2 Å². The van der Waals surface area contributed by atoms with E-state index in [9.17, 15) is 9.59 Å². The van der Waals surface area contributed by atoms with Gasteiger partial charge in [0.25, 0.3) is 0 Å². The second-order valence-corrected chi connectivity index (χ2v) is 6.63. The molecule has 0 radical (unpaired) electrons. The van der Waals surface area contributed by atoms with Gasteiger partial charge in [0.05, 0.1) is 6.61 Å². The largest absolute Gasteiger partial charge is 0.494 e. The molecule has 0 spiro atoms. The van der Waals surface area contributed by atoms with Gasteiger partial charge in [0.1, 0.15) is 5.75 Å². The minimum absolute atomic E-state index is 0.0817. The zero-order valence-corrected chi connectivity index (χ0v) is 16.2. The van der Waals surface area contributed by atoms with E-state index >= 15 is 0 Å². The van der Waals surface area contributed by atoms with Crippen LogP contribution in [-0.2, 0) is 16.1 Å². The minimum Gasteiger partial charge on any atom is -0.494 e. The molecule has 0 unspecified atom stereocenters. The van der Waals surface area contributed by atoms with Crippen LogP contribution >= 0.6 is 11.6 Å². The van der Waals surface area contributed by atoms with Crippen LogP contribution in [0.3, 0.4) is 0 Å². The molecule has 6 heteroatoms. The molecule has 2 aromatic carbocycles. The molecule has 0 saturated heterocycles. The molecule has 0 aromatic heterocycles. The normalized spacial score (nSPS) is 10.3. The van der Waals surface area contributed by atoms with Gasteiger partial charge in [-0.1, -0.05) is 41.9 Å². The number of carbonyl (C=O) groups excluding carboxylic acids is 2. The fourth-order valence-electron chi connectivity index (χ4n) is 2.42. The molecular formula is C21H25ClN2O3. The lowest BCUT2D eigenvalue weighted by Crippen LogP contribution is -2.30. The number of halogens is 1. The maximum Gasteiger partial charge on any atom is 0.222 e. The number of amides is 2. The summed E-state index contributed by atoms with van der Waals surface area (Å²) < 4.78 is 5.61. The number of hydrogen-bond donors (Lipinski definition) is 2. The summed E-state index contributed by atoms with van der Waals surface area (Å²) in [6.45, 7) is 3.19. The van der Waals surface area contributed by atoms with Crippen LogP contribution in [0, 0.1) is 6.92 Å². The number of nitrogens with one attached hydrogen (secondary N) is 2. The van der Waals surface area contributed by atoms with Gasteiger partial charge in [-0.2, -0.15) is 0 Å². The second-order valence-electron chi connectivity index (χ2n) is 6.23. The topological polar surface area (TPSA) is 67.4 Å². The lowest BCUT2D eigenvalue weighted by atomic mass is 10.2. The van der Waals surface area contributed by atoms with E-state index in [1.54, 1.807) is 6.07 Å². The summed E-state index contributed by atoms with van der Waals surface area (Å²) >= 11 is 5.97. The smallest absolute Gasteiger partial charge is 0.222 e. The predicted octanol–water partition coefficient (Wildman–Crippen LogP) is 3.63. The predicted molar refractivity (Wildman–Crippen MR) is 107 cm³/mol. The Labute approximate surface area is 165 Å². The van der Waals surface area contributed by atoms with Crippen LogP contribution in [0.5, 0.6) is 5.75 Å². The van der Waals surface area contributed by atoms with Crippen molar-refractivity contribution in [3.8, 4) is 5.75 Å². The molecule has 0 fully saturated rings. The van der Waals surface area contributed by atoms with E-state index in [0.717, 1.165) is 16.9 Å². The molecule has 2 aromatic rings. The summed E-state index contributed by atoms with van der Waals surface area (Å²) in [5, 5.41) is 6.29. The quantitative estimate of drug-likeness (QED) is 0.611. The lowest BCUT2D eigenvalue weighted by molar-refractivity contribution is -0.122. The Morgan fingerprint density at radius 1 is 1.00 bits per heavy atom. The molecule has 0 aliphatic rings. The average Bonchev–Trinajstić information content (AvgIpc) is 2.67. The van der Waals surface area contributed by atoms with Gasteiger partial charge in [0.2, 0.25) is 11.8 Å². The van der Waals surface area contributed by atoms with E-state index < -0.39 is 0 Å². The third kappa shape index (κ3) is 8.13. The van der Waals surface area contributed by atoms with Crippen LogP contribution in [-0.4, -0.2) is 25.0 Å². The van der Waals surface area contributed by atoms with Gasteiger partial charge in [-0.3, -0.25) is 9.59 Å². The molecule has 2 amide bonds. The Morgan fingerprint density at radius 2 is 1.74 bits per heavy atom. The number of aryl methyl sites for hydroxylation is 1. The zero-order valence-electron chi connectivity index (χ0n) is 15.5. The van der Waals surface area contributed by atoms with Gasteiger partial charge in [0, 0.05) is 31.0 Å². The Kier molecular flexibility index (Phi) is 8.65. The van der Waals surface area contributed by atoms with Crippen LogP contribution < -0.4 is 15.4 Å². The maximum absolute atomic E-state index is 11.8. The van der Waals surface area contributed by atoms with Crippen molar-refractivity contribution in [2.24, 2.45) is 0 Å². The first-order valence-electron chi connectivity index (χ1n) is 9.01. The highest BCUT2D eigenvalue weighted by Gasteiger charge is 2.05. The average molecular weight is 389 g/mol. The molecule has 5 nitrogen and oxygen atoms in total. The van der Waals surface area contributed by atoms with E-state index in [0.29, 0.717) is 37.6 Å². The second kappa shape index (κ2) is 11.2. The molecule has 0 saturated carbocycles.